The molecule has 1 heterocycles. The summed E-state index contributed by atoms with van der Waals surface area (Å²) in [5.74, 6) is -1.26. The van der Waals surface area contributed by atoms with Gasteiger partial charge in [-0.1, -0.05) is 52.6 Å². The van der Waals surface area contributed by atoms with Crippen LogP contribution < -0.4 is 5.32 Å². The van der Waals surface area contributed by atoms with E-state index in [0.29, 0.717) is 26.9 Å². The Morgan fingerprint density at radius 2 is 1.85 bits per heavy atom. The van der Waals surface area contributed by atoms with Gasteiger partial charge in [-0.05, 0) is 29.8 Å². The summed E-state index contributed by atoms with van der Waals surface area (Å²) in [7, 11) is 0. The van der Waals surface area contributed by atoms with Crippen LogP contribution in [0.1, 0.15) is 16.2 Å². The Hall–Kier alpha value is -2.22. The summed E-state index contributed by atoms with van der Waals surface area (Å²) in [5, 5.41) is 3.52. The molecule has 0 atom stereocenters. The number of rotatable bonds is 6. The van der Waals surface area contributed by atoms with Crippen molar-refractivity contribution < 1.29 is 18.1 Å². The topological polar surface area (TPSA) is 68.0 Å². The van der Waals surface area contributed by atoms with Crippen LogP contribution in [0.15, 0.2) is 47.0 Å². The lowest BCUT2D eigenvalue weighted by molar-refractivity contribution is 0.0551. The molecule has 3 rings (SSSR count). The molecule has 0 amide bonds. The molecule has 5 nitrogen and oxygen atoms in total. The van der Waals surface area contributed by atoms with Crippen molar-refractivity contribution in [2.24, 2.45) is 0 Å². The number of nitrogens with zero attached hydrogens (tertiary/aromatic N) is 2. The fourth-order valence-corrected chi connectivity index (χ4v) is 2.72. The second kappa shape index (κ2) is 7.80. The van der Waals surface area contributed by atoms with E-state index in [9.17, 15) is 13.6 Å². The number of anilines is 1. The van der Waals surface area contributed by atoms with E-state index in [1.54, 1.807) is 18.2 Å². The van der Waals surface area contributed by atoms with E-state index < -0.39 is 11.3 Å². The Morgan fingerprint density at radius 3 is 2.44 bits per heavy atom. The maximum absolute atomic E-state index is 12.9. The SMILES string of the molecule is O=C(CNc1ccc(Cl)cc1Cl)c1ccc(-c2noc(C(F)(F)Cl)n2)cc1. The van der Waals surface area contributed by atoms with Crippen molar-refractivity contribution in [1.82, 2.24) is 10.1 Å². The van der Waals surface area contributed by atoms with Crippen molar-refractivity contribution in [1.29, 1.82) is 0 Å². The molecule has 0 unspecified atom stereocenters. The van der Waals surface area contributed by atoms with Gasteiger partial charge in [-0.3, -0.25) is 4.79 Å². The van der Waals surface area contributed by atoms with Gasteiger partial charge in [-0.2, -0.15) is 13.8 Å². The molecule has 0 aliphatic heterocycles. The number of benzene rings is 2. The summed E-state index contributed by atoms with van der Waals surface area (Å²) in [5.41, 5.74) is 1.38. The van der Waals surface area contributed by atoms with Crippen molar-refractivity contribution in [3.05, 3.63) is 64.0 Å². The first-order valence-corrected chi connectivity index (χ1v) is 8.61. The van der Waals surface area contributed by atoms with Gasteiger partial charge >= 0.3 is 11.3 Å². The number of hydrogen-bond acceptors (Lipinski definition) is 5. The molecule has 2 aromatic carbocycles. The predicted molar refractivity (Wildman–Crippen MR) is 98.8 cm³/mol. The van der Waals surface area contributed by atoms with Crippen LogP contribution in [0, 0.1) is 0 Å². The first-order chi connectivity index (χ1) is 12.7. The Morgan fingerprint density at radius 1 is 1.15 bits per heavy atom. The van der Waals surface area contributed by atoms with Crippen LogP contribution in [0.5, 0.6) is 0 Å². The van der Waals surface area contributed by atoms with Crippen molar-refractivity contribution in [2.45, 2.75) is 5.38 Å². The molecule has 1 aromatic heterocycles. The average Bonchev–Trinajstić information content (AvgIpc) is 3.11. The van der Waals surface area contributed by atoms with Crippen LogP contribution in [-0.2, 0) is 5.38 Å². The zero-order valence-corrected chi connectivity index (χ0v) is 15.6. The number of halogens is 5. The molecular weight excluding hydrogens is 423 g/mol. The van der Waals surface area contributed by atoms with Crippen molar-refractivity contribution in [3.63, 3.8) is 0 Å². The minimum absolute atomic E-state index is 0.00548. The number of aromatic nitrogens is 2. The molecule has 0 aliphatic carbocycles. The van der Waals surface area contributed by atoms with Gasteiger partial charge in [0, 0.05) is 16.1 Å². The number of carbonyl (C=O) groups excluding carboxylic acids is 1. The summed E-state index contributed by atoms with van der Waals surface area (Å²) in [6.45, 7) is 0.00548. The second-order valence-corrected chi connectivity index (χ2v) is 6.72. The van der Waals surface area contributed by atoms with Crippen LogP contribution >= 0.6 is 34.8 Å². The first kappa shape index (κ1) is 19.5. The lowest BCUT2D eigenvalue weighted by Crippen LogP contribution is -2.14. The van der Waals surface area contributed by atoms with Gasteiger partial charge in [-0.15, -0.1) is 0 Å². The van der Waals surface area contributed by atoms with E-state index in [1.807, 2.05) is 0 Å². The number of Topliss-reactive ketones (excluding diaryl/α,β-unsaturated/α-hetero) is 1. The molecule has 0 fully saturated rings. The Labute approximate surface area is 167 Å². The summed E-state index contributed by atoms with van der Waals surface area (Å²) < 4.78 is 30.3. The van der Waals surface area contributed by atoms with E-state index in [2.05, 4.69) is 20.0 Å². The van der Waals surface area contributed by atoms with E-state index >= 15 is 0 Å². The molecule has 1 N–H and O–H groups in total. The monoisotopic (exact) mass is 431 g/mol. The van der Waals surface area contributed by atoms with E-state index in [4.69, 9.17) is 34.8 Å². The highest BCUT2D eigenvalue weighted by Crippen LogP contribution is 2.32. The largest absolute Gasteiger partial charge is 0.400 e. The highest BCUT2D eigenvalue weighted by atomic mass is 35.5. The van der Waals surface area contributed by atoms with E-state index in [-0.39, 0.29) is 18.2 Å². The summed E-state index contributed by atoms with van der Waals surface area (Å²) in [6.07, 6.45) is 0. The van der Waals surface area contributed by atoms with Gasteiger partial charge in [0.2, 0.25) is 5.82 Å². The van der Waals surface area contributed by atoms with Crippen molar-refractivity contribution in [2.75, 3.05) is 11.9 Å². The average molecular weight is 433 g/mol. The number of ketones is 1. The standard InChI is InChI=1S/C17H10Cl3F2N3O2/c18-11-5-6-13(12(19)7-11)23-8-14(26)9-1-3-10(4-2-9)15-24-16(27-25-15)17(20,21)22/h1-7,23H,8H2. The summed E-state index contributed by atoms with van der Waals surface area (Å²) >= 11 is 16.7. The fraction of sp³-hybridized carbons (Fsp3) is 0.118. The zero-order valence-electron chi connectivity index (χ0n) is 13.3. The van der Waals surface area contributed by atoms with Crippen LogP contribution in [0.4, 0.5) is 14.5 Å². The van der Waals surface area contributed by atoms with Gasteiger partial charge in [0.15, 0.2) is 5.78 Å². The molecule has 0 saturated heterocycles. The minimum atomic E-state index is -3.74. The van der Waals surface area contributed by atoms with E-state index in [0.717, 1.165) is 0 Å². The van der Waals surface area contributed by atoms with Gasteiger partial charge < -0.3 is 9.84 Å². The normalized spacial score (nSPS) is 11.4. The summed E-state index contributed by atoms with van der Waals surface area (Å²) in [4.78, 5) is 15.8. The number of nitrogens with one attached hydrogen (secondary N) is 1. The Bertz CT molecular complexity index is 972. The molecule has 3 aromatic rings. The maximum Gasteiger partial charge on any atom is 0.400 e. The lowest BCUT2D eigenvalue weighted by atomic mass is 10.1. The smallest absolute Gasteiger partial charge is 0.376 e. The molecule has 0 spiro atoms. The second-order valence-electron chi connectivity index (χ2n) is 5.40. The van der Waals surface area contributed by atoms with Crippen LogP contribution in [0.3, 0.4) is 0 Å². The third-order valence-corrected chi connectivity index (χ3v) is 4.21. The van der Waals surface area contributed by atoms with Crippen LogP contribution in [0.2, 0.25) is 10.0 Å². The van der Waals surface area contributed by atoms with Gasteiger partial charge in [-0.25, -0.2) is 0 Å². The van der Waals surface area contributed by atoms with Gasteiger partial charge in [0.1, 0.15) is 0 Å². The fourth-order valence-electron chi connectivity index (χ4n) is 2.17. The molecule has 10 heteroatoms. The van der Waals surface area contributed by atoms with Crippen LogP contribution in [-0.4, -0.2) is 22.5 Å². The highest BCUT2D eigenvalue weighted by Gasteiger charge is 2.35. The Kier molecular flexibility index (Phi) is 5.64. The van der Waals surface area contributed by atoms with Crippen molar-refractivity contribution in [3.8, 4) is 11.4 Å². The van der Waals surface area contributed by atoms with Gasteiger partial charge in [0.05, 0.1) is 17.3 Å². The lowest BCUT2D eigenvalue weighted by Gasteiger charge is -2.08. The maximum atomic E-state index is 12.9. The number of hydrogen-bond donors (Lipinski definition) is 1. The minimum Gasteiger partial charge on any atom is -0.376 e. The predicted octanol–water partition coefficient (Wildman–Crippen LogP) is 5.63. The van der Waals surface area contributed by atoms with Crippen LogP contribution in [0.25, 0.3) is 11.4 Å². The first-order valence-electron chi connectivity index (χ1n) is 7.47. The Balaban J connectivity index is 1.67. The van der Waals surface area contributed by atoms with Gasteiger partial charge in [0.25, 0.3) is 0 Å². The highest BCUT2D eigenvalue weighted by molar-refractivity contribution is 6.36. The third kappa shape index (κ3) is 4.74. The van der Waals surface area contributed by atoms with Crippen molar-refractivity contribution >= 4 is 46.3 Å². The molecule has 0 saturated carbocycles. The summed E-state index contributed by atoms with van der Waals surface area (Å²) in [6, 6.07) is 11.0. The molecule has 27 heavy (non-hydrogen) atoms. The molecule has 0 radical (unpaired) electrons. The number of alkyl halides is 3. The van der Waals surface area contributed by atoms with E-state index in [1.165, 1.54) is 24.3 Å². The molecule has 140 valence electrons. The number of carbonyl (C=O) groups is 1. The molecular formula is C17H10Cl3F2N3O2. The third-order valence-electron chi connectivity index (χ3n) is 3.50. The quantitative estimate of drug-likeness (QED) is 0.404. The zero-order chi connectivity index (χ0) is 19.6. The molecule has 0 aliphatic rings. The molecule has 0 bridgehead atoms.